The summed E-state index contributed by atoms with van der Waals surface area (Å²) in [5, 5.41) is 6.50. The quantitative estimate of drug-likeness (QED) is 0.663. The van der Waals surface area contributed by atoms with Gasteiger partial charge >= 0.3 is 5.97 Å². The summed E-state index contributed by atoms with van der Waals surface area (Å²) < 4.78 is 35.3. The Kier molecular flexibility index (Phi) is 4.92. The first kappa shape index (κ1) is 17.9. The van der Waals surface area contributed by atoms with E-state index in [2.05, 4.69) is 10.2 Å². The maximum absolute atomic E-state index is 12.1. The number of hydrogen-bond donors (Lipinski definition) is 1. The minimum Gasteiger partial charge on any atom is -0.453 e. The second-order valence-corrected chi connectivity index (χ2v) is 7.70. The molecule has 0 fully saturated rings. The van der Waals surface area contributed by atoms with Crippen LogP contribution in [-0.2, 0) is 21.4 Å². The molecule has 26 heavy (non-hydrogen) atoms. The van der Waals surface area contributed by atoms with Gasteiger partial charge in [0, 0.05) is 19.7 Å². The number of esters is 1. The van der Waals surface area contributed by atoms with E-state index in [9.17, 15) is 13.2 Å². The number of sulfonamides is 1. The van der Waals surface area contributed by atoms with Gasteiger partial charge in [0.15, 0.2) is 0 Å². The van der Waals surface area contributed by atoms with Crippen LogP contribution in [0.5, 0.6) is 0 Å². The summed E-state index contributed by atoms with van der Waals surface area (Å²) in [5.74, 6) is -0.394. The Hall–Kier alpha value is -2.91. The number of hydrogen-bond acceptors (Lipinski definition) is 6. The van der Waals surface area contributed by atoms with Crippen molar-refractivity contribution in [1.82, 2.24) is 14.5 Å². The van der Waals surface area contributed by atoms with Gasteiger partial charge in [0.2, 0.25) is 5.09 Å². The summed E-state index contributed by atoms with van der Waals surface area (Å²) in [6.45, 7) is -0.193. The molecule has 0 aliphatic carbocycles. The molecular formula is C17H17N3O5S. The van der Waals surface area contributed by atoms with Crippen LogP contribution in [0, 0.1) is 0 Å². The van der Waals surface area contributed by atoms with E-state index in [0.29, 0.717) is 5.69 Å². The second-order valence-electron chi connectivity index (χ2n) is 5.62. The van der Waals surface area contributed by atoms with Gasteiger partial charge in [0.1, 0.15) is 18.1 Å². The van der Waals surface area contributed by atoms with Crippen LogP contribution in [0.4, 0.5) is 0 Å². The molecule has 1 N–H and O–H groups in total. The number of benzene rings is 1. The van der Waals surface area contributed by atoms with Gasteiger partial charge < -0.3 is 9.15 Å². The van der Waals surface area contributed by atoms with Gasteiger partial charge in [0.05, 0.1) is 5.69 Å². The topological polar surface area (TPSA) is 105 Å². The van der Waals surface area contributed by atoms with Crippen LogP contribution in [-0.4, -0.2) is 43.0 Å². The van der Waals surface area contributed by atoms with Gasteiger partial charge in [-0.3, -0.25) is 5.10 Å². The lowest BCUT2D eigenvalue weighted by molar-refractivity contribution is 0.0433. The molecule has 0 aliphatic rings. The Labute approximate surface area is 150 Å². The highest BCUT2D eigenvalue weighted by atomic mass is 32.2. The first-order valence-electron chi connectivity index (χ1n) is 7.67. The number of aromatic amines is 1. The Morgan fingerprint density at radius 3 is 2.62 bits per heavy atom. The summed E-state index contributed by atoms with van der Waals surface area (Å²) in [6.07, 6.45) is 0. The van der Waals surface area contributed by atoms with Gasteiger partial charge in [-0.15, -0.1) is 0 Å². The molecule has 0 saturated heterocycles. The predicted molar refractivity (Wildman–Crippen MR) is 92.7 cm³/mol. The van der Waals surface area contributed by atoms with E-state index in [1.807, 2.05) is 30.3 Å². The van der Waals surface area contributed by atoms with E-state index in [-0.39, 0.29) is 23.2 Å². The minimum absolute atomic E-state index is 0.191. The number of carbonyl (C=O) groups excluding carboxylic acids is 1. The molecule has 0 unspecified atom stereocenters. The largest absolute Gasteiger partial charge is 0.453 e. The molecule has 8 nitrogen and oxygen atoms in total. The molecule has 3 rings (SSSR count). The molecule has 1 aromatic carbocycles. The van der Waals surface area contributed by atoms with Crippen LogP contribution >= 0.6 is 0 Å². The fourth-order valence-corrected chi connectivity index (χ4v) is 2.96. The van der Waals surface area contributed by atoms with Gasteiger partial charge in [-0.25, -0.2) is 17.5 Å². The fraction of sp³-hybridized carbons (Fsp3) is 0.176. The second kappa shape index (κ2) is 7.14. The van der Waals surface area contributed by atoms with Crippen molar-refractivity contribution in [3.05, 3.63) is 60.0 Å². The van der Waals surface area contributed by atoms with Crippen LogP contribution in [0.2, 0.25) is 0 Å². The third kappa shape index (κ3) is 3.68. The van der Waals surface area contributed by atoms with Crippen LogP contribution < -0.4 is 0 Å². The van der Waals surface area contributed by atoms with Crippen LogP contribution in [0.25, 0.3) is 11.3 Å². The fourth-order valence-electron chi connectivity index (χ4n) is 2.15. The van der Waals surface area contributed by atoms with Crippen LogP contribution in [0.1, 0.15) is 16.2 Å². The smallest absolute Gasteiger partial charge is 0.356 e. The Morgan fingerprint density at radius 1 is 1.19 bits per heavy atom. The van der Waals surface area contributed by atoms with Crippen molar-refractivity contribution in [1.29, 1.82) is 0 Å². The van der Waals surface area contributed by atoms with Gasteiger partial charge in [-0.05, 0) is 18.2 Å². The first-order valence-corrected chi connectivity index (χ1v) is 9.11. The molecular weight excluding hydrogens is 358 g/mol. The van der Waals surface area contributed by atoms with E-state index in [1.54, 1.807) is 6.07 Å². The molecule has 0 bridgehead atoms. The van der Waals surface area contributed by atoms with E-state index >= 15 is 0 Å². The van der Waals surface area contributed by atoms with E-state index in [1.165, 1.54) is 26.2 Å². The standard InChI is InChI=1S/C17H17N3O5S/c1-20(2)26(22,23)16-9-8-13(25-16)11-24-17(21)15-10-14(18-19-15)12-6-4-3-5-7-12/h3-10H,11H2,1-2H3,(H,18,19). The highest BCUT2D eigenvalue weighted by molar-refractivity contribution is 7.88. The summed E-state index contributed by atoms with van der Waals surface area (Å²) >= 11 is 0. The molecule has 0 spiro atoms. The Balaban J connectivity index is 1.65. The molecule has 0 atom stereocenters. The van der Waals surface area contributed by atoms with Crippen molar-refractivity contribution in [2.45, 2.75) is 11.7 Å². The number of furan rings is 1. The number of aromatic nitrogens is 2. The zero-order valence-electron chi connectivity index (χ0n) is 14.2. The molecule has 0 aliphatic heterocycles. The van der Waals surface area contributed by atoms with Gasteiger partial charge in [-0.2, -0.15) is 5.10 Å². The third-order valence-corrected chi connectivity index (χ3v) is 5.27. The van der Waals surface area contributed by atoms with E-state index in [4.69, 9.17) is 9.15 Å². The van der Waals surface area contributed by atoms with Crippen LogP contribution in [0.15, 0.2) is 58.0 Å². The number of nitrogens with zero attached hydrogens (tertiary/aromatic N) is 2. The number of rotatable bonds is 6. The van der Waals surface area contributed by atoms with Crippen molar-refractivity contribution >= 4 is 16.0 Å². The van der Waals surface area contributed by atoms with Crippen molar-refractivity contribution in [3.63, 3.8) is 0 Å². The lowest BCUT2D eigenvalue weighted by atomic mass is 10.1. The molecule has 2 aromatic heterocycles. The van der Waals surface area contributed by atoms with Crippen LogP contribution in [0.3, 0.4) is 0 Å². The lowest BCUT2D eigenvalue weighted by Gasteiger charge is -2.07. The predicted octanol–water partition coefficient (Wildman–Crippen LogP) is 2.28. The maximum Gasteiger partial charge on any atom is 0.356 e. The number of nitrogens with one attached hydrogen (secondary N) is 1. The summed E-state index contributed by atoms with van der Waals surface area (Å²) in [4.78, 5) is 12.1. The summed E-state index contributed by atoms with van der Waals surface area (Å²) in [5.41, 5.74) is 1.68. The Morgan fingerprint density at radius 2 is 1.92 bits per heavy atom. The maximum atomic E-state index is 12.1. The molecule has 2 heterocycles. The van der Waals surface area contributed by atoms with E-state index in [0.717, 1.165) is 9.87 Å². The lowest BCUT2D eigenvalue weighted by Crippen LogP contribution is -2.21. The average Bonchev–Trinajstić information content (AvgIpc) is 3.30. The van der Waals surface area contributed by atoms with Crippen molar-refractivity contribution in [2.24, 2.45) is 0 Å². The molecule has 9 heteroatoms. The molecule has 0 radical (unpaired) electrons. The number of carbonyl (C=O) groups is 1. The normalized spacial score (nSPS) is 11.7. The number of H-pyrrole nitrogens is 1. The van der Waals surface area contributed by atoms with Gasteiger partial charge in [-0.1, -0.05) is 30.3 Å². The summed E-state index contributed by atoms with van der Waals surface area (Å²) in [7, 11) is -0.858. The molecule has 0 amide bonds. The van der Waals surface area contributed by atoms with E-state index < -0.39 is 16.0 Å². The average molecular weight is 375 g/mol. The third-order valence-electron chi connectivity index (χ3n) is 3.58. The number of ether oxygens (including phenoxy) is 1. The SMILES string of the molecule is CN(C)S(=O)(=O)c1ccc(COC(=O)c2cc(-c3ccccc3)n[nH]2)o1. The minimum atomic E-state index is -3.66. The molecule has 0 saturated carbocycles. The highest BCUT2D eigenvalue weighted by Crippen LogP contribution is 2.19. The van der Waals surface area contributed by atoms with Crippen molar-refractivity contribution in [2.75, 3.05) is 14.1 Å². The van der Waals surface area contributed by atoms with Crippen molar-refractivity contribution < 1.29 is 22.4 Å². The molecule has 136 valence electrons. The molecule has 3 aromatic rings. The summed E-state index contributed by atoms with van der Waals surface area (Å²) in [6, 6.07) is 13.7. The zero-order valence-corrected chi connectivity index (χ0v) is 15.0. The van der Waals surface area contributed by atoms with Crippen molar-refractivity contribution in [3.8, 4) is 11.3 Å². The van der Waals surface area contributed by atoms with Gasteiger partial charge in [0.25, 0.3) is 10.0 Å². The highest BCUT2D eigenvalue weighted by Gasteiger charge is 2.22. The zero-order chi connectivity index (χ0) is 18.7. The monoisotopic (exact) mass is 375 g/mol. The Bertz CT molecular complexity index is 1010. The first-order chi connectivity index (χ1) is 12.4.